The van der Waals surface area contributed by atoms with Gasteiger partial charge in [-0.25, -0.2) is 0 Å². The normalized spacial score (nSPS) is 46.3. The zero-order chi connectivity index (χ0) is 10.3. The molecule has 14 heavy (non-hydrogen) atoms. The minimum atomic E-state index is 0.590. The molecule has 82 valence electrons. The van der Waals surface area contributed by atoms with E-state index in [1.165, 1.54) is 25.7 Å². The van der Waals surface area contributed by atoms with Gasteiger partial charge in [0.2, 0.25) is 0 Å². The molecule has 4 unspecified atom stereocenters. The summed E-state index contributed by atoms with van der Waals surface area (Å²) in [5, 5.41) is 3.83. The van der Waals surface area contributed by atoms with Crippen LogP contribution in [0.1, 0.15) is 53.4 Å². The molecule has 0 radical (unpaired) electrons. The lowest BCUT2D eigenvalue weighted by Gasteiger charge is -2.39. The van der Waals surface area contributed by atoms with Crippen molar-refractivity contribution in [1.29, 1.82) is 0 Å². The lowest BCUT2D eigenvalue weighted by Crippen LogP contribution is -2.43. The Hall–Kier alpha value is -0.0400. The molecule has 0 spiro atoms. The zero-order valence-electron chi connectivity index (χ0n) is 10.1. The summed E-state index contributed by atoms with van der Waals surface area (Å²) in [5.74, 6) is 1.81. The summed E-state index contributed by atoms with van der Waals surface area (Å²) in [7, 11) is 0. The van der Waals surface area contributed by atoms with Crippen LogP contribution < -0.4 is 5.32 Å². The van der Waals surface area contributed by atoms with Crippen molar-refractivity contribution in [2.24, 2.45) is 17.3 Å². The van der Waals surface area contributed by atoms with E-state index in [4.69, 9.17) is 0 Å². The van der Waals surface area contributed by atoms with Crippen molar-refractivity contribution in [2.45, 2.75) is 65.5 Å². The molecule has 2 rings (SSSR count). The van der Waals surface area contributed by atoms with Crippen molar-refractivity contribution in [3.8, 4) is 0 Å². The highest BCUT2D eigenvalue weighted by molar-refractivity contribution is 4.95. The molecule has 0 amide bonds. The summed E-state index contributed by atoms with van der Waals surface area (Å²) in [4.78, 5) is 0. The van der Waals surface area contributed by atoms with Crippen LogP contribution in [-0.2, 0) is 0 Å². The van der Waals surface area contributed by atoms with E-state index >= 15 is 0 Å². The van der Waals surface area contributed by atoms with Crippen LogP contribution in [0.15, 0.2) is 0 Å². The molecule has 0 aromatic heterocycles. The van der Waals surface area contributed by atoms with E-state index < -0.39 is 0 Å². The van der Waals surface area contributed by atoms with Crippen LogP contribution in [-0.4, -0.2) is 12.1 Å². The van der Waals surface area contributed by atoms with Crippen LogP contribution >= 0.6 is 0 Å². The molecule has 1 heteroatoms. The maximum atomic E-state index is 3.83. The highest BCUT2D eigenvalue weighted by Crippen LogP contribution is 2.40. The van der Waals surface area contributed by atoms with Crippen LogP contribution in [0.5, 0.6) is 0 Å². The molecule has 2 aliphatic rings. The van der Waals surface area contributed by atoms with Gasteiger partial charge in [0.1, 0.15) is 0 Å². The van der Waals surface area contributed by atoms with Crippen LogP contribution in [0.2, 0.25) is 0 Å². The van der Waals surface area contributed by atoms with Crippen molar-refractivity contribution in [3.63, 3.8) is 0 Å². The molecular formula is C13H25N. The third kappa shape index (κ3) is 2.31. The smallest absolute Gasteiger partial charge is 0.00990 e. The predicted octanol–water partition coefficient (Wildman–Crippen LogP) is 3.20. The standard InChI is InChI=1S/C13H25N/c1-9-7-12(9)14-11-5-6-13(3,4)8-10(11)2/h9-12,14H,5-8H2,1-4H3. The molecule has 0 aromatic carbocycles. The second-order valence-corrected chi connectivity index (χ2v) is 6.48. The first-order valence-electron chi connectivity index (χ1n) is 6.24. The SMILES string of the molecule is CC1CC(C)(C)CCC1NC1CC1C. The van der Waals surface area contributed by atoms with E-state index in [0.717, 1.165) is 23.9 Å². The molecule has 1 nitrogen and oxygen atoms in total. The van der Waals surface area contributed by atoms with Gasteiger partial charge in [0.25, 0.3) is 0 Å². The lowest BCUT2D eigenvalue weighted by molar-refractivity contribution is 0.147. The van der Waals surface area contributed by atoms with Gasteiger partial charge in [0.05, 0.1) is 0 Å². The van der Waals surface area contributed by atoms with Gasteiger partial charge in [-0.3, -0.25) is 0 Å². The van der Waals surface area contributed by atoms with E-state index in [2.05, 4.69) is 33.0 Å². The van der Waals surface area contributed by atoms with E-state index in [0.29, 0.717) is 5.41 Å². The van der Waals surface area contributed by atoms with Gasteiger partial charge in [-0.05, 0) is 42.9 Å². The molecule has 0 aromatic rings. The number of hydrogen-bond donors (Lipinski definition) is 1. The molecule has 1 N–H and O–H groups in total. The van der Waals surface area contributed by atoms with Crippen molar-refractivity contribution in [1.82, 2.24) is 5.32 Å². The summed E-state index contributed by atoms with van der Waals surface area (Å²) in [5.41, 5.74) is 0.590. The molecule has 0 bridgehead atoms. The number of nitrogens with one attached hydrogen (secondary N) is 1. The molecule has 2 fully saturated rings. The maximum Gasteiger partial charge on any atom is 0.00990 e. The Morgan fingerprint density at radius 1 is 1.07 bits per heavy atom. The first-order valence-corrected chi connectivity index (χ1v) is 6.24. The first kappa shape index (κ1) is 10.5. The highest BCUT2D eigenvalue weighted by Gasteiger charge is 2.38. The Labute approximate surface area is 88.7 Å². The van der Waals surface area contributed by atoms with Crippen LogP contribution in [0.3, 0.4) is 0 Å². The maximum absolute atomic E-state index is 3.83. The monoisotopic (exact) mass is 195 g/mol. The van der Waals surface area contributed by atoms with E-state index in [9.17, 15) is 0 Å². The van der Waals surface area contributed by atoms with Gasteiger partial charge in [-0.15, -0.1) is 0 Å². The van der Waals surface area contributed by atoms with Gasteiger partial charge in [-0.1, -0.05) is 27.7 Å². The van der Waals surface area contributed by atoms with Crippen molar-refractivity contribution < 1.29 is 0 Å². The Morgan fingerprint density at radius 3 is 2.21 bits per heavy atom. The number of rotatable bonds is 2. The largest absolute Gasteiger partial charge is 0.311 e. The third-order valence-corrected chi connectivity index (χ3v) is 4.23. The minimum Gasteiger partial charge on any atom is -0.311 e. The second kappa shape index (κ2) is 3.52. The number of hydrogen-bond acceptors (Lipinski definition) is 1. The van der Waals surface area contributed by atoms with Crippen LogP contribution in [0.4, 0.5) is 0 Å². The molecule has 2 saturated carbocycles. The van der Waals surface area contributed by atoms with E-state index in [1.807, 2.05) is 0 Å². The molecule has 0 aliphatic heterocycles. The fourth-order valence-corrected chi connectivity index (χ4v) is 3.02. The van der Waals surface area contributed by atoms with E-state index in [-0.39, 0.29) is 0 Å². The highest BCUT2D eigenvalue weighted by atomic mass is 15.0. The zero-order valence-corrected chi connectivity index (χ0v) is 10.1. The summed E-state index contributed by atoms with van der Waals surface area (Å²) >= 11 is 0. The Bertz CT molecular complexity index is 209. The molecule has 0 saturated heterocycles. The topological polar surface area (TPSA) is 12.0 Å². The van der Waals surface area contributed by atoms with Crippen molar-refractivity contribution >= 4 is 0 Å². The third-order valence-electron chi connectivity index (χ3n) is 4.23. The van der Waals surface area contributed by atoms with Crippen molar-refractivity contribution in [2.75, 3.05) is 0 Å². The van der Waals surface area contributed by atoms with Gasteiger partial charge in [0.15, 0.2) is 0 Å². The molecular weight excluding hydrogens is 170 g/mol. The van der Waals surface area contributed by atoms with Crippen LogP contribution in [0.25, 0.3) is 0 Å². The molecule has 0 heterocycles. The van der Waals surface area contributed by atoms with Gasteiger partial charge in [0, 0.05) is 12.1 Å². The average Bonchev–Trinajstić information content (AvgIpc) is 2.72. The minimum absolute atomic E-state index is 0.590. The lowest BCUT2D eigenvalue weighted by atomic mass is 9.70. The second-order valence-electron chi connectivity index (χ2n) is 6.48. The fraction of sp³-hybridized carbons (Fsp3) is 1.00. The predicted molar refractivity (Wildman–Crippen MR) is 61.3 cm³/mol. The molecule has 4 atom stereocenters. The summed E-state index contributed by atoms with van der Waals surface area (Å²) in [6.07, 6.45) is 5.59. The summed E-state index contributed by atoms with van der Waals surface area (Å²) in [6, 6.07) is 1.65. The Balaban J connectivity index is 1.83. The summed E-state index contributed by atoms with van der Waals surface area (Å²) in [6.45, 7) is 9.61. The van der Waals surface area contributed by atoms with Gasteiger partial charge >= 0.3 is 0 Å². The average molecular weight is 195 g/mol. The quantitative estimate of drug-likeness (QED) is 0.713. The first-order chi connectivity index (χ1) is 6.48. The Kier molecular flexibility index (Phi) is 2.63. The van der Waals surface area contributed by atoms with E-state index in [1.54, 1.807) is 0 Å². The van der Waals surface area contributed by atoms with Gasteiger partial charge < -0.3 is 5.32 Å². The summed E-state index contributed by atoms with van der Waals surface area (Å²) < 4.78 is 0. The fourth-order valence-electron chi connectivity index (χ4n) is 3.02. The Morgan fingerprint density at radius 2 is 1.71 bits per heavy atom. The van der Waals surface area contributed by atoms with Crippen molar-refractivity contribution in [3.05, 3.63) is 0 Å². The van der Waals surface area contributed by atoms with Crippen LogP contribution in [0, 0.1) is 17.3 Å². The molecule has 2 aliphatic carbocycles. The van der Waals surface area contributed by atoms with Gasteiger partial charge in [-0.2, -0.15) is 0 Å².